The fourth-order valence-electron chi connectivity index (χ4n) is 10.3. The number of carbonyl (C=O) groups is 2. The molecule has 352 valence electrons. The van der Waals surface area contributed by atoms with Gasteiger partial charge in [0, 0.05) is 28.0 Å². The van der Waals surface area contributed by atoms with Crippen LogP contribution < -0.4 is 14.4 Å². The van der Waals surface area contributed by atoms with Crippen LogP contribution in [0.3, 0.4) is 0 Å². The van der Waals surface area contributed by atoms with Gasteiger partial charge in [0.1, 0.15) is 11.5 Å². The van der Waals surface area contributed by atoms with E-state index in [-0.39, 0.29) is 17.2 Å². The number of rotatable bonds is 16. The van der Waals surface area contributed by atoms with Gasteiger partial charge in [0.2, 0.25) is 0 Å². The number of esters is 1. The molecule has 1 aliphatic rings. The Morgan fingerprint density at radius 2 is 0.943 bits per heavy atom. The second kappa shape index (κ2) is 21.4. The van der Waals surface area contributed by atoms with Crippen LogP contribution in [0.2, 0.25) is 0 Å². The molecule has 9 rings (SSSR count). The van der Waals surface area contributed by atoms with Crippen molar-refractivity contribution in [1.82, 2.24) is 0 Å². The SMILES string of the molecule is COc1ccc(CCc2ccc(N(c3ccc(-c4ccc(C)cc4)cc3)c3ccc(CCc4ccc(C(=O)Oc5ccc(C6(c7ccc(C(C)=O)cc7)CCCCC6)cc5)cc4)c(C)c3)cc2C)cc1. The van der Waals surface area contributed by atoms with Crippen molar-refractivity contribution in [3.63, 3.8) is 0 Å². The zero-order chi connectivity index (χ0) is 48.6. The van der Waals surface area contributed by atoms with E-state index in [1.54, 1.807) is 14.0 Å². The molecule has 0 aliphatic heterocycles. The Hall–Kier alpha value is -7.50. The zero-order valence-corrected chi connectivity index (χ0v) is 41.3. The maximum Gasteiger partial charge on any atom is 0.343 e. The molecule has 0 unspecified atom stereocenters. The average molecular weight is 922 g/mol. The summed E-state index contributed by atoms with van der Waals surface area (Å²) in [6.45, 7) is 8.16. The quantitative estimate of drug-likeness (QED) is 0.0549. The molecule has 0 spiro atoms. The summed E-state index contributed by atoms with van der Waals surface area (Å²) >= 11 is 0. The van der Waals surface area contributed by atoms with Crippen molar-refractivity contribution in [2.75, 3.05) is 12.0 Å². The predicted octanol–water partition coefficient (Wildman–Crippen LogP) is 16.0. The summed E-state index contributed by atoms with van der Waals surface area (Å²) in [6, 6.07) is 63.7. The van der Waals surface area contributed by atoms with E-state index >= 15 is 0 Å². The number of methoxy groups -OCH3 is 1. The molecule has 0 heterocycles. The van der Waals surface area contributed by atoms with Gasteiger partial charge in [-0.3, -0.25) is 4.79 Å². The van der Waals surface area contributed by atoms with Crippen LogP contribution in [0.5, 0.6) is 11.5 Å². The largest absolute Gasteiger partial charge is 0.497 e. The highest BCUT2D eigenvalue weighted by Gasteiger charge is 2.36. The lowest BCUT2D eigenvalue weighted by Crippen LogP contribution is -2.30. The maximum atomic E-state index is 13.4. The molecular formula is C65H63NO4. The van der Waals surface area contributed by atoms with Crippen LogP contribution in [-0.2, 0) is 31.1 Å². The fraction of sp³-hybridized carbons (Fsp3) is 0.231. The molecule has 0 N–H and O–H groups in total. The first kappa shape index (κ1) is 47.6. The van der Waals surface area contributed by atoms with E-state index in [0.29, 0.717) is 11.3 Å². The number of ether oxygens (including phenoxy) is 2. The Kier molecular flexibility index (Phi) is 14.6. The van der Waals surface area contributed by atoms with Crippen LogP contribution >= 0.6 is 0 Å². The second-order valence-corrected chi connectivity index (χ2v) is 19.2. The zero-order valence-electron chi connectivity index (χ0n) is 41.3. The van der Waals surface area contributed by atoms with Crippen molar-refractivity contribution in [2.45, 2.75) is 90.9 Å². The molecular weight excluding hydrogens is 859 g/mol. The summed E-state index contributed by atoms with van der Waals surface area (Å²) < 4.78 is 11.3. The first-order valence-electron chi connectivity index (χ1n) is 24.9. The van der Waals surface area contributed by atoms with Gasteiger partial charge >= 0.3 is 5.97 Å². The molecule has 5 nitrogen and oxygen atoms in total. The third-order valence-electron chi connectivity index (χ3n) is 14.6. The van der Waals surface area contributed by atoms with Gasteiger partial charge < -0.3 is 14.4 Å². The first-order valence-corrected chi connectivity index (χ1v) is 24.9. The minimum absolute atomic E-state index is 0.0768. The molecule has 0 atom stereocenters. The summed E-state index contributed by atoms with van der Waals surface area (Å²) in [6.07, 6.45) is 9.28. The minimum atomic E-state index is -0.370. The topological polar surface area (TPSA) is 55.8 Å². The molecule has 1 fully saturated rings. The van der Waals surface area contributed by atoms with Crippen molar-refractivity contribution >= 4 is 28.8 Å². The van der Waals surface area contributed by atoms with Crippen molar-refractivity contribution < 1.29 is 19.1 Å². The molecule has 1 saturated carbocycles. The molecule has 1 aliphatic carbocycles. The molecule has 70 heavy (non-hydrogen) atoms. The molecule has 8 aromatic carbocycles. The second-order valence-electron chi connectivity index (χ2n) is 19.2. The Balaban J connectivity index is 0.872. The van der Waals surface area contributed by atoms with Crippen molar-refractivity contribution in [3.05, 3.63) is 243 Å². The number of hydrogen-bond donors (Lipinski definition) is 0. The fourth-order valence-corrected chi connectivity index (χ4v) is 10.3. The third-order valence-corrected chi connectivity index (χ3v) is 14.6. The Morgan fingerprint density at radius 1 is 0.486 bits per heavy atom. The summed E-state index contributed by atoms with van der Waals surface area (Å²) in [5.41, 5.74) is 18.2. The smallest absolute Gasteiger partial charge is 0.343 e. The highest BCUT2D eigenvalue weighted by atomic mass is 16.5. The van der Waals surface area contributed by atoms with E-state index in [0.717, 1.165) is 85.3 Å². The van der Waals surface area contributed by atoms with E-state index < -0.39 is 0 Å². The minimum Gasteiger partial charge on any atom is -0.497 e. The van der Waals surface area contributed by atoms with E-state index in [1.807, 2.05) is 60.7 Å². The number of benzene rings is 8. The highest BCUT2D eigenvalue weighted by molar-refractivity contribution is 5.94. The van der Waals surface area contributed by atoms with Crippen LogP contribution in [0.4, 0.5) is 17.1 Å². The summed E-state index contributed by atoms with van der Waals surface area (Å²) in [5.74, 6) is 1.11. The van der Waals surface area contributed by atoms with Gasteiger partial charge in [0.05, 0.1) is 12.7 Å². The predicted molar refractivity (Wildman–Crippen MR) is 287 cm³/mol. The van der Waals surface area contributed by atoms with Gasteiger partial charge in [-0.25, -0.2) is 4.79 Å². The van der Waals surface area contributed by atoms with E-state index in [9.17, 15) is 9.59 Å². The lowest BCUT2D eigenvalue weighted by Gasteiger charge is -2.38. The van der Waals surface area contributed by atoms with Gasteiger partial charge in [-0.2, -0.15) is 0 Å². The van der Waals surface area contributed by atoms with Crippen molar-refractivity contribution in [3.8, 4) is 22.6 Å². The van der Waals surface area contributed by atoms with Crippen LogP contribution in [0.15, 0.2) is 182 Å². The molecule has 0 bridgehead atoms. The first-order chi connectivity index (χ1) is 34.0. The van der Waals surface area contributed by atoms with Gasteiger partial charge in [-0.1, -0.05) is 134 Å². The Bertz CT molecular complexity index is 3050. The highest BCUT2D eigenvalue weighted by Crippen LogP contribution is 2.45. The van der Waals surface area contributed by atoms with E-state index in [4.69, 9.17) is 9.47 Å². The van der Waals surface area contributed by atoms with Gasteiger partial charge in [-0.05, 0) is 195 Å². The number of Topliss-reactive ketones (excluding diaryl/α,β-unsaturated/α-hetero) is 1. The van der Waals surface area contributed by atoms with Crippen LogP contribution in [0, 0.1) is 20.8 Å². The molecule has 0 aromatic heterocycles. The summed E-state index contributed by atoms with van der Waals surface area (Å²) in [7, 11) is 1.70. The van der Waals surface area contributed by atoms with E-state index in [1.165, 1.54) is 62.1 Å². The van der Waals surface area contributed by atoms with Gasteiger partial charge in [0.25, 0.3) is 0 Å². The van der Waals surface area contributed by atoms with E-state index in [2.05, 4.69) is 147 Å². The molecule has 5 heteroatoms. The van der Waals surface area contributed by atoms with Gasteiger partial charge in [-0.15, -0.1) is 0 Å². The number of hydrogen-bond acceptors (Lipinski definition) is 5. The van der Waals surface area contributed by atoms with Crippen molar-refractivity contribution in [1.29, 1.82) is 0 Å². The summed E-state index contributed by atoms with van der Waals surface area (Å²) in [5, 5.41) is 0. The molecule has 0 radical (unpaired) electrons. The molecule has 0 amide bonds. The number of aryl methyl sites for hydroxylation is 7. The normalized spacial score (nSPS) is 13.1. The maximum absolute atomic E-state index is 13.4. The summed E-state index contributed by atoms with van der Waals surface area (Å²) in [4.78, 5) is 27.7. The lowest BCUT2D eigenvalue weighted by molar-refractivity contribution is 0.0734. The average Bonchev–Trinajstić information content (AvgIpc) is 3.39. The number of anilines is 3. The third kappa shape index (κ3) is 10.9. The van der Waals surface area contributed by atoms with Crippen LogP contribution in [0.25, 0.3) is 11.1 Å². The molecule has 0 saturated heterocycles. The monoisotopic (exact) mass is 921 g/mol. The Labute approximate surface area is 414 Å². The lowest BCUT2D eigenvalue weighted by atomic mass is 9.65. The number of nitrogens with zero attached hydrogens (tertiary/aromatic N) is 1. The van der Waals surface area contributed by atoms with Crippen LogP contribution in [-0.4, -0.2) is 18.9 Å². The van der Waals surface area contributed by atoms with Crippen LogP contribution in [0.1, 0.15) is 110 Å². The number of carbonyl (C=O) groups excluding carboxylic acids is 2. The Morgan fingerprint density at radius 3 is 1.44 bits per heavy atom. The molecule has 8 aromatic rings. The number of ketones is 1. The standard InChI is InChI=1S/C65H63NO4/c1-45-9-17-54(18-10-45)55-27-33-59(34-28-55)66(61-36-26-52(47(3)44-61)20-12-50-15-37-62(69-5)38-16-50)60-35-25-51(46(2)43-60)19-11-49-13-21-56(22-14-49)64(68)70-63-39-31-58(32-40-63)65(41-7-6-8-42-65)57-29-23-53(24-30-57)48(4)67/h9-10,13-18,21-40,43-44H,6-8,11-12,19-20,41-42H2,1-5H3. The van der Waals surface area contributed by atoms with Crippen molar-refractivity contribution in [2.24, 2.45) is 0 Å². The van der Waals surface area contributed by atoms with Gasteiger partial charge in [0.15, 0.2) is 5.78 Å².